The molecule has 118 valence electrons. The van der Waals surface area contributed by atoms with Crippen LogP contribution in [0.5, 0.6) is 0 Å². The fourth-order valence-electron chi connectivity index (χ4n) is 2.35. The minimum Gasteiger partial charge on any atom is -0.336 e. The molecule has 0 bridgehead atoms. The summed E-state index contributed by atoms with van der Waals surface area (Å²) >= 11 is 0. The molecule has 2 rings (SSSR count). The molecule has 1 aromatic heterocycles. The Kier molecular flexibility index (Phi) is 4.67. The first-order valence-corrected chi connectivity index (χ1v) is 9.02. The molecule has 21 heavy (non-hydrogen) atoms. The van der Waals surface area contributed by atoms with Crippen LogP contribution in [0.25, 0.3) is 0 Å². The number of carbonyl (C=O) groups is 1. The molecule has 1 fully saturated rings. The number of amides is 1. The highest BCUT2D eigenvalue weighted by Gasteiger charge is 2.24. The van der Waals surface area contributed by atoms with Gasteiger partial charge in [-0.2, -0.15) is 5.10 Å². The van der Waals surface area contributed by atoms with Crippen molar-refractivity contribution in [2.24, 2.45) is 7.05 Å². The smallest absolute Gasteiger partial charge is 0.257 e. The van der Waals surface area contributed by atoms with Crippen molar-refractivity contribution in [3.8, 4) is 0 Å². The van der Waals surface area contributed by atoms with Crippen molar-refractivity contribution in [2.45, 2.75) is 6.92 Å². The molecule has 1 aliphatic rings. The van der Waals surface area contributed by atoms with Gasteiger partial charge in [0.2, 0.25) is 0 Å². The number of aryl methyl sites for hydroxylation is 1. The van der Waals surface area contributed by atoms with E-state index in [1.807, 2.05) is 14.0 Å². The molecule has 1 saturated heterocycles. The summed E-state index contributed by atoms with van der Waals surface area (Å²) in [5.74, 6) is 0.172. The third-order valence-electron chi connectivity index (χ3n) is 3.90. The Labute approximate surface area is 125 Å². The van der Waals surface area contributed by atoms with Gasteiger partial charge in [0.25, 0.3) is 5.91 Å². The van der Waals surface area contributed by atoms with Crippen molar-refractivity contribution in [3.05, 3.63) is 17.5 Å². The van der Waals surface area contributed by atoms with Gasteiger partial charge in [0.1, 0.15) is 9.84 Å². The molecule has 2 heterocycles. The lowest BCUT2D eigenvalue weighted by Gasteiger charge is -2.34. The lowest BCUT2D eigenvalue weighted by Crippen LogP contribution is -2.49. The summed E-state index contributed by atoms with van der Waals surface area (Å²) in [7, 11) is -1.12. The van der Waals surface area contributed by atoms with Crippen molar-refractivity contribution < 1.29 is 13.2 Å². The van der Waals surface area contributed by atoms with Gasteiger partial charge >= 0.3 is 0 Å². The van der Waals surface area contributed by atoms with Gasteiger partial charge in [-0.15, -0.1) is 0 Å². The van der Waals surface area contributed by atoms with Crippen LogP contribution in [-0.2, 0) is 16.9 Å². The van der Waals surface area contributed by atoms with Crippen molar-refractivity contribution in [1.82, 2.24) is 19.6 Å². The maximum absolute atomic E-state index is 12.4. The Hall–Kier alpha value is -1.41. The summed E-state index contributed by atoms with van der Waals surface area (Å²) in [5.41, 5.74) is 1.50. The molecule has 1 aromatic rings. The largest absolute Gasteiger partial charge is 0.336 e. The molecule has 7 nitrogen and oxygen atoms in total. The Morgan fingerprint density at radius 1 is 1.29 bits per heavy atom. The van der Waals surface area contributed by atoms with Gasteiger partial charge in [0.15, 0.2) is 0 Å². The molecule has 0 atom stereocenters. The summed E-state index contributed by atoms with van der Waals surface area (Å²) in [6.07, 6.45) is 2.85. The maximum atomic E-state index is 12.4. The Balaban J connectivity index is 1.89. The van der Waals surface area contributed by atoms with Crippen LogP contribution in [0.2, 0.25) is 0 Å². The Morgan fingerprint density at radius 2 is 1.90 bits per heavy atom. The molecular weight excluding hydrogens is 292 g/mol. The molecule has 0 aliphatic carbocycles. The van der Waals surface area contributed by atoms with Crippen LogP contribution in [0.4, 0.5) is 0 Å². The predicted molar refractivity (Wildman–Crippen MR) is 80.0 cm³/mol. The summed E-state index contributed by atoms with van der Waals surface area (Å²) in [6, 6.07) is 0. The first-order chi connectivity index (χ1) is 9.78. The number of piperazine rings is 1. The van der Waals surface area contributed by atoms with Crippen LogP contribution < -0.4 is 0 Å². The zero-order chi connectivity index (χ0) is 15.6. The van der Waals surface area contributed by atoms with E-state index in [4.69, 9.17) is 0 Å². The van der Waals surface area contributed by atoms with E-state index in [-0.39, 0.29) is 11.7 Å². The molecule has 1 aliphatic heterocycles. The average Bonchev–Trinajstić information content (AvgIpc) is 2.76. The summed E-state index contributed by atoms with van der Waals surface area (Å²) < 4.78 is 24.0. The fraction of sp³-hybridized carbons (Fsp3) is 0.692. The number of rotatable bonds is 4. The molecular formula is C13H22N4O3S. The highest BCUT2D eigenvalue weighted by Crippen LogP contribution is 2.12. The number of carbonyl (C=O) groups excluding carboxylic acids is 1. The van der Waals surface area contributed by atoms with E-state index >= 15 is 0 Å². The summed E-state index contributed by atoms with van der Waals surface area (Å²) in [5, 5.41) is 4.10. The molecule has 0 radical (unpaired) electrons. The van der Waals surface area contributed by atoms with Crippen LogP contribution in [-0.4, -0.2) is 78.6 Å². The van der Waals surface area contributed by atoms with Crippen LogP contribution in [0.15, 0.2) is 6.20 Å². The number of hydrogen-bond acceptors (Lipinski definition) is 5. The van der Waals surface area contributed by atoms with E-state index in [0.717, 1.165) is 5.69 Å². The summed E-state index contributed by atoms with van der Waals surface area (Å²) in [6.45, 7) is 5.07. The van der Waals surface area contributed by atoms with Crippen LogP contribution in [0, 0.1) is 6.92 Å². The van der Waals surface area contributed by atoms with Gasteiger partial charge in [0.05, 0.1) is 17.5 Å². The zero-order valence-corrected chi connectivity index (χ0v) is 13.6. The second-order valence-corrected chi connectivity index (χ2v) is 7.79. The maximum Gasteiger partial charge on any atom is 0.257 e. The second-order valence-electron chi connectivity index (χ2n) is 5.53. The SMILES string of the molecule is Cc1c(C(=O)N2CCN(CCS(C)(=O)=O)CC2)cnn1C. The van der Waals surface area contributed by atoms with Crippen LogP contribution in [0.3, 0.4) is 0 Å². The minimum absolute atomic E-state index is 0.00311. The first-order valence-electron chi connectivity index (χ1n) is 6.96. The van der Waals surface area contributed by atoms with Crippen molar-refractivity contribution >= 4 is 15.7 Å². The zero-order valence-electron chi connectivity index (χ0n) is 12.7. The predicted octanol–water partition coefficient (Wildman–Crippen LogP) is -0.469. The van der Waals surface area contributed by atoms with Crippen LogP contribution in [0.1, 0.15) is 16.1 Å². The lowest BCUT2D eigenvalue weighted by atomic mass is 10.2. The third kappa shape index (κ3) is 4.04. The van der Waals surface area contributed by atoms with Gasteiger partial charge in [-0.25, -0.2) is 8.42 Å². The highest BCUT2D eigenvalue weighted by molar-refractivity contribution is 7.90. The first kappa shape index (κ1) is 16.0. The average molecular weight is 314 g/mol. The molecule has 0 spiro atoms. The normalized spacial score (nSPS) is 17.2. The monoisotopic (exact) mass is 314 g/mol. The van der Waals surface area contributed by atoms with Gasteiger partial charge in [-0.1, -0.05) is 0 Å². The van der Waals surface area contributed by atoms with E-state index in [2.05, 4.69) is 10.00 Å². The molecule has 0 unspecified atom stereocenters. The van der Waals surface area contributed by atoms with E-state index < -0.39 is 9.84 Å². The van der Waals surface area contributed by atoms with Gasteiger partial charge in [-0.3, -0.25) is 14.4 Å². The number of aromatic nitrogens is 2. The second kappa shape index (κ2) is 6.15. The third-order valence-corrected chi connectivity index (χ3v) is 4.83. The van der Waals surface area contributed by atoms with Crippen molar-refractivity contribution in [3.63, 3.8) is 0 Å². The molecule has 0 saturated carbocycles. The Morgan fingerprint density at radius 3 is 2.38 bits per heavy atom. The molecule has 0 aromatic carbocycles. The molecule has 0 N–H and O–H groups in total. The van der Waals surface area contributed by atoms with E-state index in [9.17, 15) is 13.2 Å². The highest BCUT2D eigenvalue weighted by atomic mass is 32.2. The minimum atomic E-state index is -2.93. The van der Waals surface area contributed by atoms with Crippen molar-refractivity contribution in [2.75, 3.05) is 44.7 Å². The van der Waals surface area contributed by atoms with Gasteiger partial charge in [-0.05, 0) is 6.92 Å². The quantitative estimate of drug-likeness (QED) is 0.751. The topological polar surface area (TPSA) is 75.5 Å². The standard InChI is InChI=1S/C13H22N4O3S/c1-11-12(10-14-15(11)2)13(18)17-6-4-16(5-7-17)8-9-21(3,19)20/h10H,4-9H2,1-3H3. The van der Waals surface area contributed by atoms with Gasteiger partial charge < -0.3 is 4.90 Å². The number of hydrogen-bond donors (Lipinski definition) is 0. The molecule has 8 heteroatoms. The number of nitrogens with zero attached hydrogens (tertiary/aromatic N) is 4. The van der Waals surface area contributed by atoms with E-state index in [1.165, 1.54) is 6.26 Å². The van der Waals surface area contributed by atoms with Crippen molar-refractivity contribution in [1.29, 1.82) is 0 Å². The van der Waals surface area contributed by atoms with E-state index in [0.29, 0.717) is 38.3 Å². The Bertz CT molecular complexity index is 615. The van der Waals surface area contributed by atoms with Crippen LogP contribution >= 0.6 is 0 Å². The van der Waals surface area contributed by atoms with E-state index in [1.54, 1.807) is 15.8 Å². The number of sulfone groups is 1. The molecule has 1 amide bonds. The summed E-state index contributed by atoms with van der Waals surface area (Å²) in [4.78, 5) is 16.3. The fourth-order valence-corrected chi connectivity index (χ4v) is 2.94. The lowest BCUT2D eigenvalue weighted by molar-refractivity contribution is 0.0643. The van der Waals surface area contributed by atoms with Gasteiger partial charge in [0, 0.05) is 51.7 Å².